The highest BCUT2D eigenvalue weighted by Crippen LogP contribution is 2.23. The van der Waals surface area contributed by atoms with Gasteiger partial charge >= 0.3 is 0 Å². The van der Waals surface area contributed by atoms with Crippen LogP contribution in [0.3, 0.4) is 0 Å². The summed E-state index contributed by atoms with van der Waals surface area (Å²) < 4.78 is 31.8. The molecule has 2 nitrogen and oxygen atoms in total. The monoisotopic (exact) mass is 251 g/mol. The van der Waals surface area contributed by atoms with E-state index >= 15 is 0 Å². The third-order valence-corrected chi connectivity index (χ3v) is 2.95. The number of furan rings is 1. The summed E-state index contributed by atoms with van der Waals surface area (Å²) in [6.07, 6.45) is 2.54. The molecule has 0 aliphatic carbocycles. The highest BCUT2D eigenvalue weighted by atomic mass is 19.1. The van der Waals surface area contributed by atoms with Crippen molar-refractivity contribution in [3.8, 4) is 0 Å². The van der Waals surface area contributed by atoms with E-state index in [9.17, 15) is 8.78 Å². The summed E-state index contributed by atoms with van der Waals surface area (Å²) in [5.41, 5.74) is 7.15. The van der Waals surface area contributed by atoms with Crippen LogP contribution in [0.1, 0.15) is 29.9 Å². The molecule has 0 spiro atoms. The first-order valence-electron chi connectivity index (χ1n) is 5.87. The fraction of sp³-hybridized carbons (Fsp3) is 0.286. The molecule has 96 valence electrons. The largest absolute Gasteiger partial charge is 0.469 e. The van der Waals surface area contributed by atoms with Gasteiger partial charge in [-0.2, -0.15) is 0 Å². The maximum absolute atomic E-state index is 13.5. The molecular weight excluding hydrogens is 236 g/mol. The number of nitrogens with two attached hydrogens (primary N) is 1. The Kier molecular flexibility index (Phi) is 3.77. The van der Waals surface area contributed by atoms with Gasteiger partial charge in [-0.1, -0.05) is 6.92 Å². The second kappa shape index (κ2) is 5.31. The number of aryl methyl sites for hydroxylation is 1. The predicted molar refractivity (Wildman–Crippen MR) is 65.1 cm³/mol. The number of rotatable bonds is 4. The fourth-order valence-electron chi connectivity index (χ4n) is 2.01. The molecule has 2 N–H and O–H groups in total. The van der Waals surface area contributed by atoms with Gasteiger partial charge in [0.2, 0.25) is 0 Å². The molecule has 1 aromatic heterocycles. The molecule has 18 heavy (non-hydrogen) atoms. The Labute approximate surface area is 104 Å². The van der Waals surface area contributed by atoms with Gasteiger partial charge in [-0.3, -0.25) is 0 Å². The summed E-state index contributed by atoms with van der Waals surface area (Å²) in [7, 11) is 0. The maximum Gasteiger partial charge on any atom is 0.126 e. The van der Waals surface area contributed by atoms with E-state index in [0.29, 0.717) is 0 Å². The zero-order chi connectivity index (χ0) is 13.1. The average molecular weight is 251 g/mol. The second-order valence-electron chi connectivity index (χ2n) is 4.20. The van der Waals surface area contributed by atoms with Crippen LogP contribution < -0.4 is 5.73 Å². The molecule has 0 aliphatic heterocycles. The molecular formula is C14H15F2NO. The molecule has 0 bridgehead atoms. The predicted octanol–water partition coefficient (Wildman–Crippen LogP) is 3.36. The lowest BCUT2D eigenvalue weighted by atomic mass is 9.99. The summed E-state index contributed by atoms with van der Waals surface area (Å²) in [4.78, 5) is 0. The van der Waals surface area contributed by atoms with Crippen LogP contribution in [0.25, 0.3) is 0 Å². The van der Waals surface area contributed by atoms with Crippen LogP contribution in [0, 0.1) is 11.6 Å². The van der Waals surface area contributed by atoms with Gasteiger partial charge in [-0.25, -0.2) is 8.78 Å². The van der Waals surface area contributed by atoms with Crippen LogP contribution in [0.2, 0.25) is 0 Å². The summed E-state index contributed by atoms with van der Waals surface area (Å²) in [6, 6.07) is 4.78. The molecule has 1 heterocycles. The lowest BCUT2D eigenvalue weighted by Crippen LogP contribution is -2.15. The van der Waals surface area contributed by atoms with Gasteiger partial charge in [0.1, 0.15) is 17.4 Å². The summed E-state index contributed by atoms with van der Waals surface area (Å²) in [6.45, 7) is 1.96. The molecule has 0 fully saturated rings. The van der Waals surface area contributed by atoms with Gasteiger partial charge in [0.05, 0.1) is 6.26 Å². The summed E-state index contributed by atoms with van der Waals surface area (Å²) in [5.74, 6) is -0.103. The fourth-order valence-corrected chi connectivity index (χ4v) is 2.01. The van der Waals surface area contributed by atoms with Crippen molar-refractivity contribution in [2.45, 2.75) is 25.8 Å². The molecule has 0 amide bonds. The van der Waals surface area contributed by atoms with Crippen molar-refractivity contribution in [2.75, 3.05) is 0 Å². The van der Waals surface area contributed by atoms with Crippen LogP contribution in [-0.4, -0.2) is 0 Å². The molecule has 4 heteroatoms. The number of benzene rings is 1. The van der Waals surface area contributed by atoms with Crippen LogP contribution in [-0.2, 0) is 12.8 Å². The Bertz CT molecular complexity index is 536. The van der Waals surface area contributed by atoms with Crippen molar-refractivity contribution in [2.24, 2.45) is 5.73 Å². The third kappa shape index (κ3) is 2.59. The standard InChI is InChI=1S/C14H15F2NO/c1-2-14-11(5-6-18-14)13(17)8-9-7-10(15)3-4-12(9)16/h3-7,13H,2,8,17H2,1H3. The van der Waals surface area contributed by atoms with Crippen molar-refractivity contribution in [3.63, 3.8) is 0 Å². The minimum absolute atomic E-state index is 0.246. The van der Waals surface area contributed by atoms with E-state index in [1.165, 1.54) is 6.07 Å². The van der Waals surface area contributed by atoms with Crippen molar-refractivity contribution < 1.29 is 13.2 Å². The van der Waals surface area contributed by atoms with Gasteiger partial charge < -0.3 is 10.2 Å². The van der Waals surface area contributed by atoms with Gasteiger partial charge in [0.15, 0.2) is 0 Å². The molecule has 1 unspecified atom stereocenters. The van der Waals surface area contributed by atoms with Crippen LogP contribution in [0.4, 0.5) is 8.78 Å². The quantitative estimate of drug-likeness (QED) is 0.904. The van der Waals surface area contributed by atoms with E-state index in [0.717, 1.165) is 29.9 Å². The Morgan fingerprint density at radius 2 is 2.06 bits per heavy atom. The second-order valence-corrected chi connectivity index (χ2v) is 4.20. The first kappa shape index (κ1) is 12.8. The van der Waals surface area contributed by atoms with Crippen molar-refractivity contribution in [3.05, 3.63) is 59.1 Å². The molecule has 1 aromatic carbocycles. The van der Waals surface area contributed by atoms with E-state index in [-0.39, 0.29) is 12.0 Å². The van der Waals surface area contributed by atoms with Gasteiger partial charge in [0, 0.05) is 18.0 Å². The summed E-state index contributed by atoms with van der Waals surface area (Å²) in [5, 5.41) is 0. The van der Waals surface area contributed by atoms with Gasteiger partial charge in [-0.05, 0) is 36.2 Å². The topological polar surface area (TPSA) is 39.2 Å². The number of halogens is 2. The third-order valence-electron chi connectivity index (χ3n) is 2.95. The Morgan fingerprint density at radius 3 is 2.78 bits per heavy atom. The average Bonchev–Trinajstić information content (AvgIpc) is 2.82. The van der Waals surface area contributed by atoms with Gasteiger partial charge in [-0.15, -0.1) is 0 Å². The first-order valence-corrected chi connectivity index (χ1v) is 5.87. The van der Waals surface area contributed by atoms with Crippen molar-refractivity contribution >= 4 is 0 Å². The highest BCUT2D eigenvalue weighted by molar-refractivity contribution is 5.26. The molecule has 2 aromatic rings. The van der Waals surface area contributed by atoms with Crippen LogP contribution in [0.15, 0.2) is 34.9 Å². The van der Waals surface area contributed by atoms with E-state index in [4.69, 9.17) is 10.2 Å². The smallest absolute Gasteiger partial charge is 0.126 e. The van der Waals surface area contributed by atoms with Crippen LogP contribution in [0.5, 0.6) is 0 Å². The molecule has 0 aliphatic rings. The van der Waals surface area contributed by atoms with E-state index in [1.54, 1.807) is 12.3 Å². The Morgan fingerprint density at radius 1 is 1.28 bits per heavy atom. The van der Waals surface area contributed by atoms with E-state index in [2.05, 4.69) is 0 Å². The van der Waals surface area contributed by atoms with Crippen molar-refractivity contribution in [1.29, 1.82) is 0 Å². The maximum atomic E-state index is 13.5. The Hall–Kier alpha value is -1.68. The summed E-state index contributed by atoms with van der Waals surface area (Å²) >= 11 is 0. The molecule has 1 atom stereocenters. The number of hydrogen-bond donors (Lipinski definition) is 1. The zero-order valence-electron chi connectivity index (χ0n) is 10.1. The number of hydrogen-bond acceptors (Lipinski definition) is 2. The normalized spacial score (nSPS) is 12.7. The minimum atomic E-state index is -0.457. The zero-order valence-corrected chi connectivity index (χ0v) is 10.1. The highest BCUT2D eigenvalue weighted by Gasteiger charge is 2.15. The molecule has 0 saturated heterocycles. The van der Waals surface area contributed by atoms with E-state index < -0.39 is 17.7 Å². The first-order chi connectivity index (χ1) is 8.61. The lowest BCUT2D eigenvalue weighted by Gasteiger charge is -2.12. The van der Waals surface area contributed by atoms with Gasteiger partial charge in [0.25, 0.3) is 0 Å². The minimum Gasteiger partial charge on any atom is -0.469 e. The SMILES string of the molecule is CCc1occc1C(N)Cc1cc(F)ccc1F. The molecule has 0 radical (unpaired) electrons. The lowest BCUT2D eigenvalue weighted by molar-refractivity contribution is 0.503. The van der Waals surface area contributed by atoms with Crippen LogP contribution >= 0.6 is 0 Å². The van der Waals surface area contributed by atoms with E-state index in [1.807, 2.05) is 6.92 Å². The Balaban J connectivity index is 2.21. The molecule has 0 saturated carbocycles. The molecule has 2 rings (SSSR count). The van der Waals surface area contributed by atoms with Crippen molar-refractivity contribution in [1.82, 2.24) is 0 Å².